The van der Waals surface area contributed by atoms with Crippen LogP contribution >= 0.6 is 0 Å². The molecule has 0 saturated heterocycles. The van der Waals surface area contributed by atoms with Crippen molar-refractivity contribution in [2.45, 2.75) is 0 Å². The number of nitrogens with zero attached hydrogens (tertiary/aromatic N) is 2. The molecule has 0 saturated carbocycles. The predicted molar refractivity (Wildman–Crippen MR) is 96.7 cm³/mol. The van der Waals surface area contributed by atoms with Crippen LogP contribution in [0.3, 0.4) is 0 Å². The summed E-state index contributed by atoms with van der Waals surface area (Å²) in [5, 5.41) is 5.51. The number of primary amides is 1. The third-order valence-electron chi connectivity index (χ3n) is 3.43. The fraction of sp³-hybridized carbons (Fsp3) is 0.0556. The van der Waals surface area contributed by atoms with Crippen molar-refractivity contribution in [3.63, 3.8) is 0 Å². The van der Waals surface area contributed by atoms with Gasteiger partial charge in [0.2, 0.25) is 5.88 Å². The number of amides is 2. The lowest BCUT2D eigenvalue weighted by Gasteiger charge is -2.11. The molecule has 3 rings (SSSR count). The molecule has 0 aliphatic carbocycles. The van der Waals surface area contributed by atoms with E-state index >= 15 is 0 Å². The Morgan fingerprint density at radius 3 is 2.60 bits per heavy atom. The molecule has 126 valence electrons. The molecular formula is C18H17N5O2. The normalized spacial score (nSPS) is 10.1. The van der Waals surface area contributed by atoms with Crippen LogP contribution in [0, 0.1) is 0 Å². The smallest absolute Gasteiger partial charge is 0.316 e. The molecule has 2 heterocycles. The van der Waals surface area contributed by atoms with Crippen molar-refractivity contribution >= 4 is 17.5 Å². The standard InChI is InChI=1S/C18H17N5O2/c1-20-16-11-12(8-10-21-16)15-3-2-9-22-17(15)25-14-6-4-13(5-7-14)23-18(19)24/h2-11H,1H3,(H,20,21)(H3,19,23,24). The van der Waals surface area contributed by atoms with E-state index < -0.39 is 6.03 Å². The molecule has 0 aliphatic heterocycles. The predicted octanol–water partition coefficient (Wildman–Crippen LogP) is 3.47. The molecule has 1 aromatic carbocycles. The Morgan fingerprint density at radius 2 is 1.88 bits per heavy atom. The number of carbonyl (C=O) groups is 1. The number of nitrogens with one attached hydrogen (secondary N) is 2. The van der Waals surface area contributed by atoms with E-state index in [1.165, 1.54) is 0 Å². The zero-order chi connectivity index (χ0) is 17.6. The number of carbonyl (C=O) groups excluding carboxylic acids is 1. The monoisotopic (exact) mass is 335 g/mol. The molecule has 3 aromatic rings. The Morgan fingerprint density at radius 1 is 1.08 bits per heavy atom. The molecule has 0 radical (unpaired) electrons. The number of benzene rings is 1. The largest absolute Gasteiger partial charge is 0.438 e. The SMILES string of the molecule is CNc1cc(-c2cccnc2Oc2ccc(NC(N)=O)cc2)ccn1. The van der Waals surface area contributed by atoms with Crippen molar-refractivity contribution in [3.05, 3.63) is 60.9 Å². The van der Waals surface area contributed by atoms with Gasteiger partial charge in [0.25, 0.3) is 0 Å². The number of urea groups is 1. The van der Waals surface area contributed by atoms with E-state index in [1.54, 1.807) is 36.7 Å². The molecule has 2 amide bonds. The molecule has 7 nitrogen and oxygen atoms in total. The van der Waals surface area contributed by atoms with Crippen molar-refractivity contribution in [2.75, 3.05) is 17.7 Å². The number of hydrogen-bond acceptors (Lipinski definition) is 5. The van der Waals surface area contributed by atoms with E-state index in [1.807, 2.05) is 31.3 Å². The average molecular weight is 335 g/mol. The summed E-state index contributed by atoms with van der Waals surface area (Å²) in [4.78, 5) is 19.4. The molecule has 25 heavy (non-hydrogen) atoms. The van der Waals surface area contributed by atoms with Crippen LogP contribution in [0.15, 0.2) is 60.9 Å². The van der Waals surface area contributed by atoms with Crippen molar-refractivity contribution < 1.29 is 9.53 Å². The van der Waals surface area contributed by atoms with Gasteiger partial charge in [-0.15, -0.1) is 0 Å². The zero-order valence-electron chi connectivity index (χ0n) is 13.6. The minimum atomic E-state index is -0.612. The number of hydrogen-bond donors (Lipinski definition) is 3. The number of pyridine rings is 2. The molecule has 0 fully saturated rings. The number of nitrogens with two attached hydrogens (primary N) is 1. The second-order valence-corrected chi connectivity index (χ2v) is 5.15. The van der Waals surface area contributed by atoms with E-state index in [2.05, 4.69) is 20.6 Å². The molecule has 4 N–H and O–H groups in total. The van der Waals surface area contributed by atoms with Gasteiger partial charge < -0.3 is 21.1 Å². The summed E-state index contributed by atoms with van der Waals surface area (Å²) in [5.74, 6) is 1.83. The minimum absolute atomic E-state index is 0.478. The fourth-order valence-electron chi connectivity index (χ4n) is 2.29. The van der Waals surface area contributed by atoms with E-state index in [9.17, 15) is 4.79 Å². The van der Waals surface area contributed by atoms with Crippen molar-refractivity contribution in [2.24, 2.45) is 5.73 Å². The van der Waals surface area contributed by atoms with Gasteiger partial charge in [-0.05, 0) is 54.1 Å². The highest BCUT2D eigenvalue weighted by atomic mass is 16.5. The molecule has 7 heteroatoms. The lowest BCUT2D eigenvalue weighted by molar-refractivity contribution is 0.259. The molecule has 2 aromatic heterocycles. The van der Waals surface area contributed by atoms with E-state index in [0.29, 0.717) is 17.3 Å². The molecule has 0 atom stereocenters. The van der Waals surface area contributed by atoms with Crippen molar-refractivity contribution in [1.29, 1.82) is 0 Å². The van der Waals surface area contributed by atoms with Crippen LogP contribution in [0.5, 0.6) is 11.6 Å². The second-order valence-electron chi connectivity index (χ2n) is 5.15. The van der Waals surface area contributed by atoms with E-state index in [0.717, 1.165) is 16.9 Å². The summed E-state index contributed by atoms with van der Waals surface area (Å²) in [5.41, 5.74) is 7.47. The summed E-state index contributed by atoms with van der Waals surface area (Å²) in [7, 11) is 1.81. The number of ether oxygens (including phenoxy) is 1. The number of anilines is 2. The average Bonchev–Trinajstić information content (AvgIpc) is 2.63. The zero-order valence-corrected chi connectivity index (χ0v) is 13.6. The van der Waals surface area contributed by atoms with Gasteiger partial charge in [-0.2, -0.15) is 0 Å². The Balaban J connectivity index is 1.87. The third-order valence-corrected chi connectivity index (χ3v) is 3.43. The van der Waals surface area contributed by atoms with Gasteiger partial charge in [0.15, 0.2) is 0 Å². The quantitative estimate of drug-likeness (QED) is 0.662. The first-order valence-corrected chi connectivity index (χ1v) is 7.59. The van der Waals surface area contributed by atoms with Gasteiger partial charge in [0, 0.05) is 30.7 Å². The van der Waals surface area contributed by atoms with Gasteiger partial charge in [-0.25, -0.2) is 14.8 Å². The van der Waals surface area contributed by atoms with Crippen LogP contribution in [0.4, 0.5) is 16.3 Å². The van der Waals surface area contributed by atoms with Crippen LogP contribution in [0.25, 0.3) is 11.1 Å². The summed E-state index contributed by atoms with van der Waals surface area (Å²) < 4.78 is 5.90. The van der Waals surface area contributed by atoms with Gasteiger partial charge in [0.05, 0.1) is 0 Å². The first kappa shape index (κ1) is 16.3. The number of aromatic nitrogens is 2. The molecule has 0 unspecified atom stereocenters. The van der Waals surface area contributed by atoms with Crippen molar-refractivity contribution in [3.8, 4) is 22.8 Å². The Labute approximate surface area is 144 Å². The van der Waals surface area contributed by atoms with Gasteiger partial charge in [-0.1, -0.05) is 0 Å². The van der Waals surface area contributed by atoms with Crippen LogP contribution in [-0.2, 0) is 0 Å². The lowest BCUT2D eigenvalue weighted by atomic mass is 10.1. The number of rotatable bonds is 5. The molecule has 0 bridgehead atoms. The summed E-state index contributed by atoms with van der Waals surface area (Å²) in [6.07, 6.45) is 3.39. The van der Waals surface area contributed by atoms with E-state index in [-0.39, 0.29) is 0 Å². The molecule has 0 spiro atoms. The van der Waals surface area contributed by atoms with Crippen LogP contribution in [-0.4, -0.2) is 23.0 Å². The third kappa shape index (κ3) is 4.03. The van der Waals surface area contributed by atoms with Gasteiger partial charge in [-0.3, -0.25) is 0 Å². The maximum Gasteiger partial charge on any atom is 0.316 e. The Hall–Kier alpha value is -3.61. The van der Waals surface area contributed by atoms with Crippen molar-refractivity contribution in [1.82, 2.24) is 9.97 Å². The van der Waals surface area contributed by atoms with Crippen LogP contribution in [0.2, 0.25) is 0 Å². The van der Waals surface area contributed by atoms with Crippen LogP contribution in [0.1, 0.15) is 0 Å². The molecule has 0 aliphatic rings. The second kappa shape index (κ2) is 7.31. The highest BCUT2D eigenvalue weighted by Crippen LogP contribution is 2.32. The summed E-state index contributed by atoms with van der Waals surface area (Å²) in [6.45, 7) is 0. The van der Waals surface area contributed by atoms with Crippen LogP contribution < -0.4 is 21.1 Å². The van der Waals surface area contributed by atoms with Gasteiger partial charge in [0.1, 0.15) is 11.6 Å². The first-order chi connectivity index (χ1) is 12.2. The fourth-order valence-corrected chi connectivity index (χ4v) is 2.29. The lowest BCUT2D eigenvalue weighted by Crippen LogP contribution is -2.19. The topological polar surface area (TPSA) is 102 Å². The highest BCUT2D eigenvalue weighted by molar-refractivity contribution is 5.87. The highest BCUT2D eigenvalue weighted by Gasteiger charge is 2.09. The Bertz CT molecular complexity index is 881. The van der Waals surface area contributed by atoms with Gasteiger partial charge >= 0.3 is 6.03 Å². The van der Waals surface area contributed by atoms with E-state index in [4.69, 9.17) is 10.5 Å². The summed E-state index contributed by atoms with van der Waals surface area (Å²) in [6, 6.07) is 13.8. The Kier molecular flexibility index (Phi) is 4.75. The maximum absolute atomic E-state index is 10.9. The molecular weight excluding hydrogens is 318 g/mol. The minimum Gasteiger partial charge on any atom is -0.438 e. The first-order valence-electron chi connectivity index (χ1n) is 7.59. The maximum atomic E-state index is 10.9. The summed E-state index contributed by atoms with van der Waals surface area (Å²) >= 11 is 0.